The molecule has 0 saturated carbocycles. The van der Waals surface area contributed by atoms with Gasteiger partial charge in [0.1, 0.15) is 0 Å². The van der Waals surface area contributed by atoms with Gasteiger partial charge in [0, 0.05) is 25.9 Å². The maximum absolute atomic E-state index is 11.4. The van der Waals surface area contributed by atoms with Crippen LogP contribution in [0.25, 0.3) is 0 Å². The van der Waals surface area contributed by atoms with E-state index in [1.165, 1.54) is 70.6 Å². The Labute approximate surface area is 178 Å². The zero-order valence-electron chi connectivity index (χ0n) is 18.6. The highest BCUT2D eigenvalue weighted by atomic mass is 16.3. The Hall–Kier alpha value is -1.14. The van der Waals surface area contributed by atoms with E-state index in [9.17, 15) is 9.59 Å². The van der Waals surface area contributed by atoms with Gasteiger partial charge < -0.3 is 20.8 Å². The van der Waals surface area contributed by atoms with E-state index in [4.69, 9.17) is 10.2 Å². The topological polar surface area (TPSA) is 98.7 Å². The molecule has 0 unspecified atom stereocenters. The normalized spacial score (nSPS) is 10.8. The van der Waals surface area contributed by atoms with E-state index < -0.39 is 0 Å². The minimum absolute atomic E-state index is 0.0142. The first-order valence-corrected chi connectivity index (χ1v) is 12.0. The van der Waals surface area contributed by atoms with Crippen LogP contribution in [-0.4, -0.2) is 48.3 Å². The summed E-state index contributed by atoms with van der Waals surface area (Å²) in [6.07, 6.45) is 19.6. The van der Waals surface area contributed by atoms with Crippen LogP contribution in [0.5, 0.6) is 0 Å². The molecule has 0 heterocycles. The molecule has 0 aliphatic heterocycles. The predicted molar refractivity (Wildman–Crippen MR) is 119 cm³/mol. The van der Waals surface area contributed by atoms with Crippen molar-refractivity contribution in [1.82, 2.24) is 10.6 Å². The van der Waals surface area contributed by atoms with Gasteiger partial charge in [0.15, 0.2) is 0 Å². The summed E-state index contributed by atoms with van der Waals surface area (Å²) in [7, 11) is 0. The molecule has 2 amide bonds. The highest BCUT2D eigenvalue weighted by Gasteiger charge is 2.01. The molecule has 0 aromatic carbocycles. The van der Waals surface area contributed by atoms with E-state index in [1.54, 1.807) is 0 Å². The summed E-state index contributed by atoms with van der Waals surface area (Å²) in [6.45, 7) is 0.762. The minimum Gasteiger partial charge on any atom is -0.395 e. The van der Waals surface area contributed by atoms with Crippen LogP contribution in [0.15, 0.2) is 0 Å². The average Bonchev–Trinajstić information content (AvgIpc) is 2.72. The first kappa shape index (κ1) is 27.9. The van der Waals surface area contributed by atoms with E-state index in [1.807, 2.05) is 0 Å². The number of unbranched alkanes of at least 4 members (excludes halogenated alkanes) is 14. The first-order chi connectivity index (χ1) is 14.2. The van der Waals surface area contributed by atoms with Crippen molar-refractivity contribution in [3.8, 4) is 0 Å². The molecule has 0 rings (SSSR count). The number of aliphatic hydroxyl groups excluding tert-OH is 2. The molecule has 4 N–H and O–H groups in total. The molecule has 0 fully saturated rings. The molecule has 0 aromatic heterocycles. The molecule has 0 atom stereocenters. The molecule has 172 valence electrons. The number of aliphatic hydroxyl groups is 2. The van der Waals surface area contributed by atoms with Gasteiger partial charge >= 0.3 is 0 Å². The van der Waals surface area contributed by atoms with Crippen LogP contribution in [0.4, 0.5) is 0 Å². The number of carbonyl (C=O) groups is 2. The average molecular weight is 415 g/mol. The van der Waals surface area contributed by atoms with E-state index in [-0.39, 0.29) is 25.0 Å². The van der Waals surface area contributed by atoms with E-state index in [0.29, 0.717) is 25.9 Å². The number of amides is 2. The fourth-order valence-corrected chi connectivity index (χ4v) is 3.44. The summed E-state index contributed by atoms with van der Waals surface area (Å²) in [5, 5.41) is 22.6. The van der Waals surface area contributed by atoms with Crippen molar-refractivity contribution in [1.29, 1.82) is 0 Å². The van der Waals surface area contributed by atoms with Gasteiger partial charge in [-0.1, -0.05) is 83.5 Å². The Morgan fingerprint density at radius 1 is 0.448 bits per heavy atom. The standard InChI is InChI=1S/C23H46N2O4/c26-20-18-24-22(28)16-14-12-10-8-6-4-2-1-3-5-7-9-11-13-15-17-23(29)25-19-21-27/h26-27H,1-21H2,(H,24,28)(H,25,29). The van der Waals surface area contributed by atoms with Gasteiger partial charge in [0.25, 0.3) is 0 Å². The van der Waals surface area contributed by atoms with Crippen LogP contribution >= 0.6 is 0 Å². The molecule has 0 radical (unpaired) electrons. The summed E-state index contributed by atoms with van der Waals surface area (Å²) in [5.41, 5.74) is 0. The van der Waals surface area contributed by atoms with Gasteiger partial charge in [-0.15, -0.1) is 0 Å². The Morgan fingerprint density at radius 3 is 0.931 bits per heavy atom. The highest BCUT2D eigenvalue weighted by molar-refractivity contribution is 5.76. The Bertz CT molecular complexity index is 344. The number of carbonyl (C=O) groups excluding carboxylic acids is 2. The summed E-state index contributed by atoms with van der Waals surface area (Å²) in [6, 6.07) is 0. The van der Waals surface area contributed by atoms with Gasteiger partial charge in [-0.25, -0.2) is 0 Å². The fraction of sp³-hybridized carbons (Fsp3) is 0.913. The lowest BCUT2D eigenvalue weighted by Crippen LogP contribution is -2.25. The van der Waals surface area contributed by atoms with Gasteiger partial charge in [0.2, 0.25) is 11.8 Å². The SMILES string of the molecule is O=C(CCCCCCCCCCCCCCCCCC(=O)NCCO)NCCO. The number of hydrogen-bond donors (Lipinski definition) is 4. The molecule has 0 bridgehead atoms. The molecule has 0 aromatic rings. The van der Waals surface area contributed by atoms with Crippen LogP contribution in [0.1, 0.15) is 109 Å². The van der Waals surface area contributed by atoms with Crippen molar-refractivity contribution < 1.29 is 19.8 Å². The van der Waals surface area contributed by atoms with Crippen molar-refractivity contribution in [2.75, 3.05) is 26.3 Å². The van der Waals surface area contributed by atoms with Gasteiger partial charge in [0.05, 0.1) is 13.2 Å². The zero-order chi connectivity index (χ0) is 21.4. The Morgan fingerprint density at radius 2 is 0.690 bits per heavy atom. The second kappa shape index (κ2) is 23.1. The summed E-state index contributed by atoms with van der Waals surface area (Å²) < 4.78 is 0. The Balaban J connectivity index is 3.12. The van der Waals surface area contributed by atoms with Crippen molar-refractivity contribution in [3.05, 3.63) is 0 Å². The zero-order valence-corrected chi connectivity index (χ0v) is 18.6. The van der Waals surface area contributed by atoms with Gasteiger partial charge in [-0.2, -0.15) is 0 Å². The van der Waals surface area contributed by atoms with Crippen molar-refractivity contribution in [2.45, 2.75) is 109 Å². The molecule has 29 heavy (non-hydrogen) atoms. The Kier molecular flexibility index (Phi) is 22.2. The van der Waals surface area contributed by atoms with Crippen molar-refractivity contribution in [2.24, 2.45) is 0 Å². The third-order valence-corrected chi connectivity index (χ3v) is 5.18. The largest absolute Gasteiger partial charge is 0.395 e. The second-order valence-corrected chi connectivity index (χ2v) is 7.95. The van der Waals surface area contributed by atoms with Gasteiger partial charge in [-0.3, -0.25) is 9.59 Å². The summed E-state index contributed by atoms with van der Waals surface area (Å²) in [4.78, 5) is 22.7. The van der Waals surface area contributed by atoms with Crippen molar-refractivity contribution in [3.63, 3.8) is 0 Å². The molecule has 0 saturated heterocycles. The number of rotatable bonds is 22. The van der Waals surface area contributed by atoms with Crippen molar-refractivity contribution >= 4 is 11.8 Å². The number of nitrogens with one attached hydrogen (secondary N) is 2. The van der Waals surface area contributed by atoms with Crippen LogP contribution in [0, 0.1) is 0 Å². The van der Waals surface area contributed by atoms with E-state index >= 15 is 0 Å². The molecule has 0 spiro atoms. The molecule has 0 aliphatic carbocycles. The molecule has 0 aliphatic rings. The van der Waals surface area contributed by atoms with Gasteiger partial charge in [-0.05, 0) is 12.8 Å². The predicted octanol–water partition coefficient (Wildman–Crippen LogP) is 3.84. The molecule has 6 nitrogen and oxygen atoms in total. The quantitative estimate of drug-likeness (QED) is 0.202. The maximum atomic E-state index is 11.4. The van der Waals surface area contributed by atoms with Crippen LogP contribution < -0.4 is 10.6 Å². The molecular weight excluding hydrogens is 368 g/mol. The summed E-state index contributed by atoms with van der Waals surface area (Å²) in [5.74, 6) is 0.112. The lowest BCUT2D eigenvalue weighted by atomic mass is 10.0. The molecule has 6 heteroatoms. The van der Waals surface area contributed by atoms with Crippen LogP contribution in [-0.2, 0) is 9.59 Å². The molecular formula is C23H46N2O4. The fourth-order valence-electron chi connectivity index (χ4n) is 3.44. The third-order valence-electron chi connectivity index (χ3n) is 5.18. The van der Waals surface area contributed by atoms with E-state index in [2.05, 4.69) is 10.6 Å². The second-order valence-electron chi connectivity index (χ2n) is 7.95. The number of hydrogen-bond acceptors (Lipinski definition) is 4. The smallest absolute Gasteiger partial charge is 0.220 e. The lowest BCUT2D eigenvalue weighted by Gasteiger charge is -2.05. The van der Waals surface area contributed by atoms with Crippen LogP contribution in [0.2, 0.25) is 0 Å². The highest BCUT2D eigenvalue weighted by Crippen LogP contribution is 2.14. The minimum atomic E-state index is 0.0142. The monoisotopic (exact) mass is 414 g/mol. The first-order valence-electron chi connectivity index (χ1n) is 12.0. The lowest BCUT2D eigenvalue weighted by molar-refractivity contribution is -0.122. The third kappa shape index (κ3) is 23.0. The maximum Gasteiger partial charge on any atom is 0.220 e. The summed E-state index contributed by atoms with van der Waals surface area (Å²) >= 11 is 0. The van der Waals surface area contributed by atoms with E-state index in [0.717, 1.165) is 25.7 Å². The van der Waals surface area contributed by atoms with Crippen LogP contribution in [0.3, 0.4) is 0 Å².